The predicted octanol–water partition coefficient (Wildman–Crippen LogP) is 4.78. The lowest BCUT2D eigenvalue weighted by molar-refractivity contribution is 0.131. The van der Waals surface area contributed by atoms with Crippen molar-refractivity contribution in [2.24, 2.45) is 11.8 Å². The van der Waals surface area contributed by atoms with Crippen LogP contribution in [0.5, 0.6) is 0 Å². The molecule has 6 heteroatoms. The molecule has 0 unspecified atom stereocenters. The monoisotopic (exact) mass is 387 g/mol. The van der Waals surface area contributed by atoms with Crippen LogP contribution in [0, 0.1) is 11.8 Å². The van der Waals surface area contributed by atoms with E-state index in [0.717, 1.165) is 34.9 Å². The van der Waals surface area contributed by atoms with E-state index in [9.17, 15) is 4.79 Å². The van der Waals surface area contributed by atoms with Crippen LogP contribution in [0.2, 0.25) is 5.02 Å². The van der Waals surface area contributed by atoms with Gasteiger partial charge < -0.3 is 4.98 Å². The van der Waals surface area contributed by atoms with Crippen LogP contribution in [-0.2, 0) is 6.54 Å². The zero-order chi connectivity index (χ0) is 18.3. The molecule has 2 aromatic heterocycles. The molecule has 1 N–H and O–H groups in total. The third-order valence-corrected chi connectivity index (χ3v) is 6.09. The van der Waals surface area contributed by atoms with Gasteiger partial charge in [0.15, 0.2) is 0 Å². The highest BCUT2D eigenvalue weighted by atomic mass is 35.5. The Labute approximate surface area is 161 Å². The molecule has 0 radical (unpaired) electrons. The zero-order valence-electron chi connectivity index (χ0n) is 15.0. The third-order valence-electron chi connectivity index (χ3n) is 4.97. The van der Waals surface area contributed by atoms with Crippen molar-refractivity contribution in [3.8, 4) is 11.1 Å². The minimum Gasteiger partial charge on any atom is -0.309 e. The average Bonchev–Trinajstić information content (AvgIpc) is 2.99. The molecule has 1 fully saturated rings. The number of aromatic nitrogens is 2. The summed E-state index contributed by atoms with van der Waals surface area (Å²) in [5.74, 6) is 2.13. The van der Waals surface area contributed by atoms with Gasteiger partial charge in [-0.15, -0.1) is 11.3 Å². The lowest BCUT2D eigenvalue weighted by Gasteiger charge is -2.34. The molecular weight excluding hydrogens is 366 g/mol. The highest BCUT2D eigenvalue weighted by Gasteiger charge is 2.23. The van der Waals surface area contributed by atoms with Gasteiger partial charge in [0, 0.05) is 29.1 Å². The first kappa shape index (κ1) is 17.7. The van der Waals surface area contributed by atoms with E-state index >= 15 is 0 Å². The van der Waals surface area contributed by atoms with Crippen molar-refractivity contribution >= 4 is 33.2 Å². The summed E-state index contributed by atoms with van der Waals surface area (Å²) in [6.07, 6.45) is 1.27. The number of likely N-dealkylation sites (tertiary alicyclic amines) is 1. The smallest absolute Gasteiger partial charge is 0.260 e. The molecule has 3 heterocycles. The van der Waals surface area contributed by atoms with E-state index in [1.807, 2.05) is 29.6 Å². The van der Waals surface area contributed by atoms with Crippen LogP contribution in [0.25, 0.3) is 21.3 Å². The standard InChI is InChI=1S/C20H22ClN3OS/c1-12-7-13(2)9-24(8-12)10-17-22-19(25)18-16(11-26-20(18)23-17)14-3-5-15(21)6-4-14/h3-6,11-13H,7-10H2,1-2H3,(H,22,23,25)/t12-,13+. The Kier molecular flexibility index (Phi) is 4.86. The van der Waals surface area contributed by atoms with Crippen molar-refractivity contribution in [2.75, 3.05) is 13.1 Å². The number of thiophene rings is 1. The van der Waals surface area contributed by atoms with Gasteiger partial charge in [-0.1, -0.05) is 37.6 Å². The van der Waals surface area contributed by atoms with Crippen LogP contribution in [0.4, 0.5) is 0 Å². The number of benzene rings is 1. The predicted molar refractivity (Wildman–Crippen MR) is 109 cm³/mol. The highest BCUT2D eigenvalue weighted by molar-refractivity contribution is 7.17. The Hall–Kier alpha value is -1.69. The second kappa shape index (κ2) is 7.14. The third kappa shape index (κ3) is 3.56. The summed E-state index contributed by atoms with van der Waals surface area (Å²) >= 11 is 7.50. The molecular formula is C20H22ClN3OS. The van der Waals surface area contributed by atoms with Crippen molar-refractivity contribution in [1.29, 1.82) is 0 Å². The van der Waals surface area contributed by atoms with Gasteiger partial charge in [0.1, 0.15) is 10.7 Å². The first-order chi connectivity index (χ1) is 12.5. The molecule has 0 bridgehead atoms. The molecule has 2 atom stereocenters. The normalized spacial score (nSPS) is 21.3. The number of hydrogen-bond donors (Lipinski definition) is 1. The number of rotatable bonds is 3. The van der Waals surface area contributed by atoms with Crippen molar-refractivity contribution < 1.29 is 0 Å². The first-order valence-corrected chi connectivity index (χ1v) is 10.2. The van der Waals surface area contributed by atoms with Crippen LogP contribution in [-0.4, -0.2) is 28.0 Å². The molecule has 1 aromatic carbocycles. The summed E-state index contributed by atoms with van der Waals surface area (Å²) in [7, 11) is 0. The molecule has 1 aliphatic heterocycles. The molecule has 0 spiro atoms. The second-order valence-corrected chi connectivity index (χ2v) is 8.78. The number of aromatic amines is 1. The molecule has 1 aliphatic rings. The average molecular weight is 388 g/mol. The molecule has 26 heavy (non-hydrogen) atoms. The molecule has 3 aromatic rings. The first-order valence-electron chi connectivity index (χ1n) is 8.98. The summed E-state index contributed by atoms with van der Waals surface area (Å²) in [5.41, 5.74) is 1.84. The van der Waals surface area contributed by atoms with Gasteiger partial charge in [0.05, 0.1) is 11.9 Å². The Balaban J connectivity index is 1.66. The maximum atomic E-state index is 12.8. The van der Waals surface area contributed by atoms with Crippen molar-refractivity contribution in [3.05, 3.63) is 50.8 Å². The van der Waals surface area contributed by atoms with Gasteiger partial charge in [-0.2, -0.15) is 0 Å². The number of nitrogens with one attached hydrogen (secondary N) is 1. The number of H-pyrrole nitrogens is 1. The van der Waals surface area contributed by atoms with E-state index in [1.165, 1.54) is 17.8 Å². The van der Waals surface area contributed by atoms with E-state index < -0.39 is 0 Å². The summed E-state index contributed by atoms with van der Waals surface area (Å²) in [5, 5.41) is 3.36. The molecule has 0 amide bonds. The Morgan fingerprint density at radius 1 is 1.23 bits per heavy atom. The summed E-state index contributed by atoms with van der Waals surface area (Å²) in [6, 6.07) is 7.56. The van der Waals surface area contributed by atoms with Gasteiger partial charge in [-0.05, 0) is 36.0 Å². The molecule has 0 saturated carbocycles. The second-order valence-electron chi connectivity index (χ2n) is 7.49. The maximum Gasteiger partial charge on any atom is 0.260 e. The number of hydrogen-bond acceptors (Lipinski definition) is 4. The Bertz CT molecular complexity index is 969. The van der Waals surface area contributed by atoms with E-state index in [2.05, 4.69) is 23.7 Å². The fourth-order valence-corrected chi connectivity index (χ4v) is 5.14. The van der Waals surface area contributed by atoms with Gasteiger partial charge in [0.2, 0.25) is 0 Å². The Morgan fingerprint density at radius 2 is 1.92 bits per heavy atom. The van der Waals surface area contributed by atoms with E-state index in [1.54, 1.807) is 0 Å². The zero-order valence-corrected chi connectivity index (χ0v) is 16.5. The van der Waals surface area contributed by atoms with Gasteiger partial charge in [-0.25, -0.2) is 4.98 Å². The minimum absolute atomic E-state index is 0.0608. The molecule has 4 nitrogen and oxygen atoms in total. The lowest BCUT2D eigenvalue weighted by atomic mass is 9.92. The minimum atomic E-state index is -0.0608. The van der Waals surface area contributed by atoms with Gasteiger partial charge in [0.25, 0.3) is 5.56 Å². The van der Waals surface area contributed by atoms with Crippen molar-refractivity contribution in [1.82, 2.24) is 14.9 Å². The summed E-state index contributed by atoms with van der Waals surface area (Å²) < 4.78 is 0. The number of fused-ring (bicyclic) bond motifs is 1. The van der Waals surface area contributed by atoms with Gasteiger partial charge in [-0.3, -0.25) is 9.69 Å². The molecule has 4 rings (SSSR count). The number of halogens is 1. The van der Waals surface area contributed by atoms with E-state index in [4.69, 9.17) is 16.6 Å². The molecule has 1 saturated heterocycles. The largest absolute Gasteiger partial charge is 0.309 e. The van der Waals surface area contributed by atoms with Crippen LogP contribution in [0.1, 0.15) is 26.1 Å². The van der Waals surface area contributed by atoms with Crippen molar-refractivity contribution in [3.63, 3.8) is 0 Å². The summed E-state index contributed by atoms with van der Waals surface area (Å²) in [4.78, 5) is 23.7. The highest BCUT2D eigenvalue weighted by Crippen LogP contribution is 2.31. The fraction of sp³-hybridized carbons (Fsp3) is 0.400. The molecule has 136 valence electrons. The van der Waals surface area contributed by atoms with Crippen LogP contribution < -0.4 is 5.56 Å². The number of piperidine rings is 1. The maximum absolute atomic E-state index is 12.8. The van der Waals surface area contributed by atoms with Gasteiger partial charge >= 0.3 is 0 Å². The van der Waals surface area contributed by atoms with Crippen LogP contribution >= 0.6 is 22.9 Å². The number of nitrogens with zero attached hydrogens (tertiary/aromatic N) is 2. The topological polar surface area (TPSA) is 49.0 Å². The van der Waals surface area contributed by atoms with Crippen LogP contribution in [0.3, 0.4) is 0 Å². The summed E-state index contributed by atoms with van der Waals surface area (Å²) in [6.45, 7) is 7.41. The van der Waals surface area contributed by atoms with Crippen molar-refractivity contribution in [2.45, 2.75) is 26.8 Å². The SMILES string of the molecule is C[C@@H]1C[C@H](C)CN(Cc2nc3scc(-c4ccc(Cl)cc4)c3c(=O)[nH]2)C1. The quantitative estimate of drug-likeness (QED) is 0.703. The lowest BCUT2D eigenvalue weighted by Crippen LogP contribution is -2.38. The fourth-order valence-electron chi connectivity index (χ4n) is 4.04. The van der Waals surface area contributed by atoms with E-state index in [0.29, 0.717) is 28.8 Å². The van der Waals surface area contributed by atoms with Crippen LogP contribution in [0.15, 0.2) is 34.4 Å². The Morgan fingerprint density at radius 3 is 2.62 bits per heavy atom. The molecule has 0 aliphatic carbocycles. The van der Waals surface area contributed by atoms with E-state index in [-0.39, 0.29) is 5.56 Å².